The first-order chi connectivity index (χ1) is 21.1. The van der Waals surface area contributed by atoms with E-state index in [9.17, 15) is 0 Å². The lowest BCUT2D eigenvalue weighted by Crippen LogP contribution is -2.17. The lowest BCUT2D eigenvalue weighted by molar-refractivity contribution is 0.443. The van der Waals surface area contributed by atoms with Gasteiger partial charge < -0.3 is 5.73 Å². The molecule has 3 aromatic rings. The normalized spacial score (nSPS) is 19.8. The van der Waals surface area contributed by atoms with Gasteiger partial charge in [0.2, 0.25) is 0 Å². The van der Waals surface area contributed by atoms with Crippen LogP contribution < -0.4 is 5.73 Å². The summed E-state index contributed by atoms with van der Waals surface area (Å²) in [5.74, 6) is 3.13. The molecule has 224 valence electrons. The third-order valence-electron chi connectivity index (χ3n) is 10.3. The van der Waals surface area contributed by atoms with Crippen LogP contribution in [0.1, 0.15) is 147 Å². The molecule has 0 spiro atoms. The van der Waals surface area contributed by atoms with E-state index < -0.39 is 0 Å². The molecule has 0 aromatic heterocycles. The molecule has 0 heterocycles. The number of nitrogens with two attached hydrogens (primary N) is 1. The van der Waals surface area contributed by atoms with Crippen molar-refractivity contribution in [2.45, 2.75) is 114 Å². The molecule has 3 saturated carbocycles. The van der Waals surface area contributed by atoms with E-state index in [1.54, 1.807) is 0 Å². The second-order valence-corrected chi connectivity index (χ2v) is 13.2. The van der Waals surface area contributed by atoms with Crippen LogP contribution in [0, 0.1) is 0 Å². The summed E-state index contributed by atoms with van der Waals surface area (Å²) >= 11 is 0. The third-order valence-corrected chi connectivity index (χ3v) is 10.3. The van der Waals surface area contributed by atoms with Crippen molar-refractivity contribution >= 4 is 17.4 Å². The topological polar surface area (TPSA) is 50.7 Å². The van der Waals surface area contributed by atoms with Crippen molar-refractivity contribution in [2.75, 3.05) is 0 Å². The standard InChI is InChI=1S/C40H49N3/c1-29(30-17-19-34(20-18-30)31-11-5-2-6-12-31)42-40(38-27-23-36(24-28-38)33-15-9-4-10-16-33)43-39(41)37-25-21-35(22-26-37)32-13-7-3-8-14-32/h17-28,31-33H,1-16H2,(H2,41,42,43). The fraction of sp³-hybridized carbons (Fsp3) is 0.450. The van der Waals surface area contributed by atoms with Crippen LogP contribution in [0.25, 0.3) is 5.70 Å². The summed E-state index contributed by atoms with van der Waals surface area (Å²) in [5.41, 5.74) is 14.6. The second-order valence-electron chi connectivity index (χ2n) is 13.2. The number of rotatable bonds is 7. The number of nitrogens with zero attached hydrogens (tertiary/aromatic N) is 2. The van der Waals surface area contributed by atoms with E-state index in [0.29, 0.717) is 35.1 Å². The van der Waals surface area contributed by atoms with E-state index in [1.807, 2.05) is 0 Å². The quantitative estimate of drug-likeness (QED) is 0.222. The first kappa shape index (κ1) is 29.6. The van der Waals surface area contributed by atoms with Crippen LogP contribution in [0.3, 0.4) is 0 Å². The Bertz CT molecular complexity index is 1390. The SMILES string of the molecule is C=C(/N=C(\N=C(/N)c1ccc(C2CCCCC2)cc1)c1ccc(C2CCCCC2)cc1)c1ccc(C2CCCCC2)cc1. The van der Waals surface area contributed by atoms with E-state index in [1.165, 1.54) is 113 Å². The number of hydrogen-bond donors (Lipinski definition) is 1. The number of aliphatic imine (C=N–C) groups is 2. The minimum Gasteiger partial charge on any atom is -0.383 e. The van der Waals surface area contributed by atoms with Gasteiger partial charge in [-0.1, -0.05) is 137 Å². The minimum atomic E-state index is 0.491. The molecule has 43 heavy (non-hydrogen) atoms. The minimum absolute atomic E-state index is 0.491. The van der Waals surface area contributed by atoms with Crippen molar-refractivity contribution < 1.29 is 0 Å². The van der Waals surface area contributed by atoms with E-state index >= 15 is 0 Å². The van der Waals surface area contributed by atoms with Gasteiger partial charge in [-0.15, -0.1) is 0 Å². The summed E-state index contributed by atoms with van der Waals surface area (Å²) < 4.78 is 0. The molecular weight excluding hydrogens is 522 g/mol. The summed E-state index contributed by atoms with van der Waals surface area (Å²) in [6.45, 7) is 4.37. The summed E-state index contributed by atoms with van der Waals surface area (Å²) in [7, 11) is 0. The van der Waals surface area contributed by atoms with Crippen LogP contribution in [-0.2, 0) is 0 Å². The number of hydrogen-bond acceptors (Lipinski definition) is 1. The molecule has 2 N–H and O–H groups in total. The van der Waals surface area contributed by atoms with Gasteiger partial charge in [-0.3, -0.25) is 0 Å². The van der Waals surface area contributed by atoms with Crippen molar-refractivity contribution in [3.05, 3.63) is 113 Å². The van der Waals surface area contributed by atoms with Gasteiger partial charge in [-0.25, -0.2) is 9.98 Å². The molecule has 3 aliphatic carbocycles. The Balaban J connectivity index is 1.26. The predicted molar refractivity (Wildman–Crippen MR) is 183 cm³/mol. The van der Waals surface area contributed by atoms with Gasteiger partial charge in [0.1, 0.15) is 5.84 Å². The number of amidine groups is 2. The summed E-state index contributed by atoms with van der Waals surface area (Å²) in [6, 6.07) is 26.5. The molecule has 3 aliphatic rings. The summed E-state index contributed by atoms with van der Waals surface area (Å²) in [5, 5.41) is 0. The molecular formula is C40H49N3. The van der Waals surface area contributed by atoms with Crippen LogP contribution in [0.4, 0.5) is 0 Å². The van der Waals surface area contributed by atoms with Crippen LogP contribution in [0.5, 0.6) is 0 Å². The Labute approximate surface area is 259 Å². The molecule has 3 heteroatoms. The maximum atomic E-state index is 6.66. The Kier molecular flexibility index (Phi) is 9.87. The van der Waals surface area contributed by atoms with Crippen molar-refractivity contribution in [3.8, 4) is 0 Å². The highest BCUT2D eigenvalue weighted by Gasteiger charge is 2.18. The van der Waals surface area contributed by atoms with E-state index in [4.69, 9.17) is 15.7 Å². The van der Waals surface area contributed by atoms with Crippen molar-refractivity contribution in [1.82, 2.24) is 0 Å². The second kappa shape index (κ2) is 14.3. The van der Waals surface area contributed by atoms with Gasteiger partial charge in [0.15, 0.2) is 5.84 Å². The predicted octanol–water partition coefficient (Wildman–Crippen LogP) is 10.7. The molecule has 0 radical (unpaired) electrons. The maximum Gasteiger partial charge on any atom is 0.162 e. The Morgan fingerprint density at radius 3 is 1.21 bits per heavy atom. The van der Waals surface area contributed by atoms with Gasteiger partial charge in [0.05, 0.1) is 5.70 Å². The average Bonchev–Trinajstić information content (AvgIpc) is 3.09. The lowest BCUT2D eigenvalue weighted by Gasteiger charge is -2.22. The lowest BCUT2D eigenvalue weighted by atomic mass is 9.84. The Hall–Kier alpha value is -3.46. The molecule has 0 bridgehead atoms. The summed E-state index contributed by atoms with van der Waals surface area (Å²) in [4.78, 5) is 9.95. The van der Waals surface area contributed by atoms with Gasteiger partial charge in [0, 0.05) is 11.1 Å². The van der Waals surface area contributed by atoms with Crippen molar-refractivity contribution in [3.63, 3.8) is 0 Å². The van der Waals surface area contributed by atoms with Gasteiger partial charge in [0.25, 0.3) is 0 Å². The Morgan fingerprint density at radius 1 is 0.465 bits per heavy atom. The molecule has 0 atom stereocenters. The maximum absolute atomic E-state index is 6.66. The largest absolute Gasteiger partial charge is 0.383 e. The molecule has 3 nitrogen and oxygen atoms in total. The van der Waals surface area contributed by atoms with E-state index in [2.05, 4.69) is 79.4 Å². The van der Waals surface area contributed by atoms with Crippen LogP contribution >= 0.6 is 0 Å². The van der Waals surface area contributed by atoms with Crippen LogP contribution in [0.2, 0.25) is 0 Å². The highest BCUT2D eigenvalue weighted by molar-refractivity contribution is 6.12. The zero-order valence-corrected chi connectivity index (χ0v) is 25.9. The van der Waals surface area contributed by atoms with E-state index in [-0.39, 0.29) is 0 Å². The zero-order valence-electron chi connectivity index (χ0n) is 25.9. The van der Waals surface area contributed by atoms with Crippen LogP contribution in [0.15, 0.2) is 89.4 Å². The highest BCUT2D eigenvalue weighted by atomic mass is 15.0. The zero-order chi connectivity index (χ0) is 29.4. The van der Waals surface area contributed by atoms with Gasteiger partial charge >= 0.3 is 0 Å². The van der Waals surface area contributed by atoms with Crippen molar-refractivity contribution in [1.29, 1.82) is 0 Å². The van der Waals surface area contributed by atoms with E-state index in [0.717, 1.165) is 16.7 Å². The molecule has 0 aliphatic heterocycles. The molecule has 0 saturated heterocycles. The molecule has 3 fully saturated rings. The first-order valence-electron chi connectivity index (χ1n) is 17.1. The van der Waals surface area contributed by atoms with Crippen molar-refractivity contribution in [2.24, 2.45) is 15.7 Å². The average molecular weight is 572 g/mol. The van der Waals surface area contributed by atoms with Crippen LogP contribution in [-0.4, -0.2) is 11.7 Å². The summed E-state index contributed by atoms with van der Waals surface area (Å²) in [6.07, 6.45) is 19.9. The number of benzene rings is 3. The highest BCUT2D eigenvalue weighted by Crippen LogP contribution is 2.35. The molecule has 6 rings (SSSR count). The third kappa shape index (κ3) is 7.55. The molecule has 3 aromatic carbocycles. The van der Waals surface area contributed by atoms with Gasteiger partial charge in [-0.05, 0) is 78.5 Å². The molecule has 0 amide bonds. The smallest absolute Gasteiger partial charge is 0.162 e. The fourth-order valence-electron chi connectivity index (χ4n) is 7.61. The monoisotopic (exact) mass is 571 g/mol. The first-order valence-corrected chi connectivity index (χ1v) is 17.1. The Morgan fingerprint density at radius 2 is 0.814 bits per heavy atom. The molecule has 0 unspecified atom stereocenters. The fourth-order valence-corrected chi connectivity index (χ4v) is 7.61. The van der Waals surface area contributed by atoms with Gasteiger partial charge in [-0.2, -0.15) is 0 Å².